The van der Waals surface area contributed by atoms with Gasteiger partial charge in [-0.3, -0.25) is 0 Å². The second kappa shape index (κ2) is 7.92. The Bertz CT molecular complexity index is 768. The number of sulfonamides is 1. The molecule has 1 aliphatic rings. The number of anilines is 1. The molecule has 1 aliphatic heterocycles. The maximum Gasteiger partial charge on any atom is 0.337 e. The molecule has 0 bridgehead atoms. The summed E-state index contributed by atoms with van der Waals surface area (Å²) in [7, 11) is -3.95. The Morgan fingerprint density at radius 2 is 1.77 bits per heavy atom. The zero-order valence-electron chi connectivity index (χ0n) is 15.7. The number of aromatic carboxylic acids is 1. The van der Waals surface area contributed by atoms with E-state index in [1.165, 1.54) is 4.31 Å². The summed E-state index contributed by atoms with van der Waals surface area (Å²) in [5.41, 5.74) is -0.396. The summed E-state index contributed by atoms with van der Waals surface area (Å²) in [5.74, 6) is -1.77. The van der Waals surface area contributed by atoms with Gasteiger partial charge in [0.15, 0.2) is 0 Å². The molecule has 1 N–H and O–H groups in total. The van der Waals surface area contributed by atoms with Gasteiger partial charge in [-0.25, -0.2) is 17.6 Å². The molecule has 146 valence electrons. The van der Waals surface area contributed by atoms with Crippen molar-refractivity contribution in [2.24, 2.45) is 11.8 Å². The lowest BCUT2D eigenvalue weighted by molar-refractivity contribution is 0.0696. The molecule has 1 aromatic carbocycles. The number of carboxylic acid groups (broad SMARTS) is 1. The molecule has 6 nitrogen and oxygen atoms in total. The van der Waals surface area contributed by atoms with E-state index in [9.17, 15) is 22.7 Å². The molecule has 1 aromatic rings. The van der Waals surface area contributed by atoms with Gasteiger partial charge in [0, 0.05) is 26.2 Å². The van der Waals surface area contributed by atoms with E-state index < -0.39 is 21.8 Å². The Morgan fingerprint density at radius 1 is 1.23 bits per heavy atom. The van der Waals surface area contributed by atoms with Gasteiger partial charge in [-0.2, -0.15) is 4.31 Å². The van der Waals surface area contributed by atoms with Gasteiger partial charge in [0.25, 0.3) is 0 Å². The summed E-state index contributed by atoms with van der Waals surface area (Å²) < 4.78 is 42.1. The molecule has 1 heterocycles. The molecular weight excluding hydrogens is 359 g/mol. The van der Waals surface area contributed by atoms with Crippen LogP contribution in [0.5, 0.6) is 0 Å². The van der Waals surface area contributed by atoms with Crippen LogP contribution in [0.3, 0.4) is 0 Å². The smallest absolute Gasteiger partial charge is 0.337 e. The molecule has 2 unspecified atom stereocenters. The third-order valence-electron chi connectivity index (χ3n) is 4.82. The van der Waals surface area contributed by atoms with Crippen LogP contribution in [-0.4, -0.2) is 50.0 Å². The molecule has 8 heteroatoms. The van der Waals surface area contributed by atoms with Crippen LogP contribution in [0.25, 0.3) is 0 Å². The van der Waals surface area contributed by atoms with Crippen molar-refractivity contribution in [2.75, 3.05) is 31.1 Å². The lowest BCUT2D eigenvalue weighted by atomic mass is 9.94. The second-order valence-electron chi connectivity index (χ2n) is 7.05. The minimum absolute atomic E-state index is 0.0677. The average molecular weight is 386 g/mol. The zero-order chi connectivity index (χ0) is 19.6. The quantitative estimate of drug-likeness (QED) is 0.813. The van der Waals surface area contributed by atoms with E-state index in [0.717, 1.165) is 18.6 Å². The molecule has 0 aliphatic carbocycles. The maximum absolute atomic E-state index is 14.8. The van der Waals surface area contributed by atoms with Crippen LogP contribution in [0.4, 0.5) is 10.1 Å². The van der Waals surface area contributed by atoms with Gasteiger partial charge < -0.3 is 10.0 Å². The fourth-order valence-corrected chi connectivity index (χ4v) is 5.42. The van der Waals surface area contributed by atoms with Gasteiger partial charge in [0.1, 0.15) is 5.82 Å². The van der Waals surface area contributed by atoms with Crippen LogP contribution < -0.4 is 4.90 Å². The number of rotatable bonds is 6. The molecule has 1 saturated heterocycles. The normalized spacial score (nSPS) is 21.6. The molecule has 2 rings (SSSR count). The molecule has 0 saturated carbocycles. The van der Waals surface area contributed by atoms with Crippen molar-refractivity contribution in [1.82, 2.24) is 4.31 Å². The SMILES string of the molecule is CCN(CC)c1c(F)cc(S(=O)(=O)N2CC(C)CC(C)C2)cc1C(=O)O. The first-order chi connectivity index (χ1) is 12.1. The minimum atomic E-state index is -3.95. The summed E-state index contributed by atoms with van der Waals surface area (Å²) >= 11 is 0. The Balaban J connectivity index is 2.55. The summed E-state index contributed by atoms with van der Waals surface area (Å²) in [6.07, 6.45) is 0.932. The highest BCUT2D eigenvalue weighted by Gasteiger charge is 2.33. The van der Waals surface area contributed by atoms with Crippen LogP contribution in [0, 0.1) is 17.7 Å². The van der Waals surface area contributed by atoms with Crippen molar-refractivity contribution < 1.29 is 22.7 Å². The molecular formula is C18H27FN2O4S. The molecule has 0 spiro atoms. The van der Waals surface area contributed by atoms with Crippen molar-refractivity contribution in [1.29, 1.82) is 0 Å². The number of hydrogen-bond donors (Lipinski definition) is 1. The first kappa shape index (κ1) is 20.6. The maximum atomic E-state index is 14.8. The van der Waals surface area contributed by atoms with E-state index in [2.05, 4.69) is 0 Å². The number of benzene rings is 1. The fourth-order valence-electron chi connectivity index (χ4n) is 3.70. The average Bonchev–Trinajstić information content (AvgIpc) is 2.55. The largest absolute Gasteiger partial charge is 0.478 e. The number of carbonyl (C=O) groups is 1. The third-order valence-corrected chi connectivity index (χ3v) is 6.63. The summed E-state index contributed by atoms with van der Waals surface area (Å²) in [5, 5.41) is 9.51. The first-order valence-electron chi connectivity index (χ1n) is 8.93. The van der Waals surface area contributed by atoms with E-state index in [1.807, 2.05) is 13.8 Å². The second-order valence-corrected chi connectivity index (χ2v) is 8.98. The van der Waals surface area contributed by atoms with Gasteiger partial charge in [-0.1, -0.05) is 13.8 Å². The summed E-state index contributed by atoms with van der Waals surface area (Å²) in [6, 6.07) is 2.03. The van der Waals surface area contributed by atoms with E-state index in [-0.39, 0.29) is 28.0 Å². The number of piperidine rings is 1. The Morgan fingerprint density at radius 3 is 2.23 bits per heavy atom. The number of hydrogen-bond acceptors (Lipinski definition) is 4. The highest BCUT2D eigenvalue weighted by atomic mass is 32.2. The van der Waals surface area contributed by atoms with Gasteiger partial charge >= 0.3 is 5.97 Å². The highest BCUT2D eigenvalue weighted by molar-refractivity contribution is 7.89. The van der Waals surface area contributed by atoms with Crippen molar-refractivity contribution in [2.45, 2.75) is 39.0 Å². The van der Waals surface area contributed by atoms with Crippen LogP contribution in [0.2, 0.25) is 0 Å². The summed E-state index contributed by atoms with van der Waals surface area (Å²) in [6.45, 7) is 9.08. The van der Waals surface area contributed by atoms with Crippen molar-refractivity contribution in [3.8, 4) is 0 Å². The summed E-state index contributed by atoms with van der Waals surface area (Å²) in [4.78, 5) is 12.9. The number of halogens is 1. The van der Waals surface area contributed by atoms with Crippen LogP contribution in [0.1, 0.15) is 44.5 Å². The van der Waals surface area contributed by atoms with Crippen LogP contribution in [-0.2, 0) is 10.0 Å². The third kappa shape index (κ3) is 4.01. The number of nitrogens with zero attached hydrogens (tertiary/aromatic N) is 2. The van der Waals surface area contributed by atoms with Gasteiger partial charge in [0.2, 0.25) is 10.0 Å². The van der Waals surface area contributed by atoms with E-state index in [0.29, 0.717) is 26.2 Å². The van der Waals surface area contributed by atoms with Crippen molar-refractivity contribution in [3.05, 3.63) is 23.5 Å². The van der Waals surface area contributed by atoms with Gasteiger partial charge in [-0.15, -0.1) is 0 Å². The predicted molar refractivity (Wildman–Crippen MR) is 98.6 cm³/mol. The topological polar surface area (TPSA) is 77.9 Å². The Labute approximate surface area is 154 Å². The van der Waals surface area contributed by atoms with E-state index in [1.54, 1.807) is 18.7 Å². The van der Waals surface area contributed by atoms with Crippen LogP contribution in [0.15, 0.2) is 17.0 Å². The molecule has 0 radical (unpaired) electrons. The zero-order valence-corrected chi connectivity index (χ0v) is 16.5. The van der Waals surface area contributed by atoms with E-state index in [4.69, 9.17) is 0 Å². The standard InChI is InChI=1S/C18H27FN2O4S/c1-5-20(6-2)17-15(18(22)23)8-14(9-16(17)19)26(24,25)21-10-12(3)7-13(4)11-21/h8-9,12-13H,5-7,10-11H2,1-4H3,(H,22,23). The van der Waals surface area contributed by atoms with Gasteiger partial charge in [0.05, 0.1) is 16.1 Å². The lowest BCUT2D eigenvalue weighted by Crippen LogP contribution is -2.42. The molecule has 26 heavy (non-hydrogen) atoms. The predicted octanol–water partition coefficient (Wildman–Crippen LogP) is 3.04. The molecule has 0 amide bonds. The molecule has 2 atom stereocenters. The van der Waals surface area contributed by atoms with Crippen LogP contribution >= 0.6 is 0 Å². The molecule has 1 fully saturated rings. The highest BCUT2D eigenvalue weighted by Crippen LogP contribution is 2.32. The van der Waals surface area contributed by atoms with E-state index >= 15 is 0 Å². The fraction of sp³-hybridized carbons (Fsp3) is 0.611. The molecule has 0 aromatic heterocycles. The first-order valence-corrected chi connectivity index (χ1v) is 10.4. The monoisotopic (exact) mass is 386 g/mol. The minimum Gasteiger partial charge on any atom is -0.478 e. The number of carboxylic acids is 1. The van der Waals surface area contributed by atoms with Gasteiger partial charge in [-0.05, 0) is 44.2 Å². The van der Waals surface area contributed by atoms with Crippen molar-refractivity contribution >= 4 is 21.7 Å². The Kier molecular flexibility index (Phi) is 6.29. The lowest BCUT2D eigenvalue weighted by Gasteiger charge is -2.34. The Hall–Kier alpha value is -1.67. The van der Waals surface area contributed by atoms with Crippen molar-refractivity contribution in [3.63, 3.8) is 0 Å².